The van der Waals surface area contributed by atoms with Crippen molar-refractivity contribution in [1.82, 2.24) is 0 Å². The first-order chi connectivity index (χ1) is 12.0. The fraction of sp³-hybridized carbons (Fsp3) is 0.211. The number of phenols is 1. The molecule has 1 heterocycles. The topological polar surface area (TPSA) is 82.2 Å². The molecule has 128 valence electrons. The third-order valence-corrected chi connectivity index (χ3v) is 4.94. The summed E-state index contributed by atoms with van der Waals surface area (Å²) in [6, 6.07) is 13.1. The molecule has 3 aromatic rings. The van der Waals surface area contributed by atoms with Crippen molar-refractivity contribution in [3.63, 3.8) is 0 Å². The Balaban J connectivity index is 1.90. The van der Waals surface area contributed by atoms with Gasteiger partial charge in [-0.15, -0.1) is 21.6 Å². The second-order valence-corrected chi connectivity index (χ2v) is 7.11. The Morgan fingerprint density at radius 2 is 1.96 bits per heavy atom. The maximum absolute atomic E-state index is 10.7. The molecule has 0 fully saturated rings. The number of azo groups is 1. The summed E-state index contributed by atoms with van der Waals surface area (Å²) in [5, 5.41) is 29.4. The number of carbonyl (C=O) groups is 1. The first-order valence-corrected chi connectivity index (χ1v) is 8.80. The van der Waals surface area contributed by atoms with Gasteiger partial charge in [0.2, 0.25) is 0 Å². The largest absolute Gasteiger partial charge is 0.506 e. The summed E-state index contributed by atoms with van der Waals surface area (Å²) in [4.78, 5) is 12.8. The summed E-state index contributed by atoms with van der Waals surface area (Å²) < 4.78 is 0. The minimum atomic E-state index is -0.794. The Kier molecular flexibility index (Phi) is 5.09. The molecule has 2 N–H and O–H groups in total. The van der Waals surface area contributed by atoms with E-state index in [0.717, 1.165) is 26.2 Å². The van der Waals surface area contributed by atoms with Crippen LogP contribution in [0, 0.1) is 6.92 Å². The maximum atomic E-state index is 10.7. The van der Waals surface area contributed by atoms with E-state index in [-0.39, 0.29) is 12.2 Å². The lowest BCUT2D eigenvalue weighted by molar-refractivity contribution is -0.137. The van der Waals surface area contributed by atoms with Crippen LogP contribution in [0.15, 0.2) is 52.7 Å². The molecule has 0 saturated heterocycles. The molecule has 2 aromatic carbocycles. The molecule has 25 heavy (non-hydrogen) atoms. The normalized spacial score (nSPS) is 11.4. The average molecular weight is 354 g/mol. The number of carboxylic acids is 1. The molecule has 1 aromatic heterocycles. The SMILES string of the molecule is Cc1cc(N=Nc2c(O)ccc3ccccc23)c(CCCC(=O)O)s1. The Morgan fingerprint density at radius 1 is 1.16 bits per heavy atom. The smallest absolute Gasteiger partial charge is 0.303 e. The van der Waals surface area contributed by atoms with Gasteiger partial charge in [0, 0.05) is 21.6 Å². The van der Waals surface area contributed by atoms with Gasteiger partial charge in [0.1, 0.15) is 11.4 Å². The summed E-state index contributed by atoms with van der Waals surface area (Å²) >= 11 is 1.60. The first-order valence-electron chi connectivity index (χ1n) is 7.98. The highest BCUT2D eigenvalue weighted by Gasteiger charge is 2.10. The molecule has 0 atom stereocenters. The van der Waals surface area contributed by atoms with Gasteiger partial charge < -0.3 is 10.2 Å². The standard InChI is InChI=1S/C19H18N2O3S/c1-12-11-15(17(25-12)7-4-8-18(23)24)20-21-19-14-6-3-2-5-13(14)9-10-16(19)22/h2-3,5-6,9-11,22H,4,7-8H2,1H3,(H,23,24). The molecule has 0 aliphatic heterocycles. The van der Waals surface area contributed by atoms with E-state index in [1.165, 1.54) is 0 Å². The molecule has 3 rings (SSSR count). The molecular weight excluding hydrogens is 336 g/mol. The van der Waals surface area contributed by atoms with E-state index < -0.39 is 5.97 Å². The highest BCUT2D eigenvalue weighted by Crippen LogP contribution is 2.37. The van der Waals surface area contributed by atoms with Crippen molar-refractivity contribution < 1.29 is 15.0 Å². The molecule has 0 aliphatic carbocycles. The molecule has 0 aliphatic rings. The number of hydrogen-bond donors (Lipinski definition) is 2. The van der Waals surface area contributed by atoms with Crippen molar-refractivity contribution in [2.45, 2.75) is 26.2 Å². The first kappa shape index (κ1) is 17.1. The minimum absolute atomic E-state index is 0.0850. The molecule has 0 spiro atoms. The number of rotatable bonds is 6. The molecule has 0 radical (unpaired) electrons. The van der Waals surface area contributed by atoms with Gasteiger partial charge in [-0.3, -0.25) is 4.79 Å². The van der Waals surface area contributed by atoms with Crippen molar-refractivity contribution in [1.29, 1.82) is 0 Å². The van der Waals surface area contributed by atoms with Gasteiger partial charge in [-0.1, -0.05) is 30.3 Å². The maximum Gasteiger partial charge on any atom is 0.303 e. The predicted molar refractivity (Wildman–Crippen MR) is 99.4 cm³/mol. The number of benzene rings is 2. The summed E-state index contributed by atoms with van der Waals surface area (Å²) in [6.45, 7) is 1.99. The van der Waals surface area contributed by atoms with Crippen LogP contribution in [0.5, 0.6) is 5.75 Å². The summed E-state index contributed by atoms with van der Waals surface area (Å²) in [6.07, 6.45) is 1.36. The van der Waals surface area contributed by atoms with Crippen LogP contribution in [-0.4, -0.2) is 16.2 Å². The lowest BCUT2D eigenvalue weighted by Crippen LogP contribution is -1.94. The molecule has 0 unspecified atom stereocenters. The van der Waals surface area contributed by atoms with Gasteiger partial charge in [-0.05, 0) is 37.3 Å². The van der Waals surface area contributed by atoms with Crippen molar-refractivity contribution in [3.05, 3.63) is 52.2 Å². The molecule has 6 heteroatoms. The van der Waals surface area contributed by atoms with Crippen molar-refractivity contribution >= 4 is 39.5 Å². The molecule has 0 bridgehead atoms. The van der Waals surface area contributed by atoms with Crippen LogP contribution < -0.4 is 0 Å². The van der Waals surface area contributed by atoms with E-state index in [1.807, 2.05) is 43.3 Å². The fourth-order valence-corrected chi connectivity index (χ4v) is 3.68. The Morgan fingerprint density at radius 3 is 2.76 bits per heavy atom. The lowest BCUT2D eigenvalue weighted by atomic mass is 10.1. The third kappa shape index (κ3) is 4.03. The molecule has 0 amide bonds. The van der Waals surface area contributed by atoms with Gasteiger partial charge in [0.05, 0.1) is 5.69 Å². The number of thiophene rings is 1. The number of carboxylic acid groups (broad SMARTS) is 1. The van der Waals surface area contributed by atoms with E-state index in [2.05, 4.69) is 10.2 Å². The van der Waals surface area contributed by atoms with Gasteiger partial charge in [0.25, 0.3) is 0 Å². The number of phenolic OH excluding ortho intramolecular Hbond substituents is 1. The zero-order valence-electron chi connectivity index (χ0n) is 13.8. The van der Waals surface area contributed by atoms with E-state index >= 15 is 0 Å². The Bertz CT molecular complexity index is 947. The molecular formula is C19H18N2O3S. The summed E-state index contributed by atoms with van der Waals surface area (Å²) in [7, 11) is 0. The van der Waals surface area contributed by atoms with Gasteiger partial charge in [-0.25, -0.2) is 0 Å². The van der Waals surface area contributed by atoms with Crippen LogP contribution in [-0.2, 0) is 11.2 Å². The molecule has 5 nitrogen and oxygen atoms in total. The van der Waals surface area contributed by atoms with E-state index in [9.17, 15) is 9.90 Å². The number of aliphatic carboxylic acids is 1. The van der Waals surface area contributed by atoms with Crippen molar-refractivity contribution in [3.8, 4) is 5.75 Å². The predicted octanol–water partition coefficient (Wildman–Crippen LogP) is 5.74. The van der Waals surface area contributed by atoms with Crippen LogP contribution in [0.3, 0.4) is 0 Å². The van der Waals surface area contributed by atoms with Crippen LogP contribution in [0.2, 0.25) is 0 Å². The van der Waals surface area contributed by atoms with E-state index in [4.69, 9.17) is 5.11 Å². The van der Waals surface area contributed by atoms with E-state index in [0.29, 0.717) is 18.5 Å². The van der Waals surface area contributed by atoms with Crippen molar-refractivity contribution in [2.24, 2.45) is 10.2 Å². The lowest BCUT2D eigenvalue weighted by Gasteiger charge is -2.03. The van der Waals surface area contributed by atoms with Gasteiger partial charge in [-0.2, -0.15) is 0 Å². The van der Waals surface area contributed by atoms with Crippen LogP contribution >= 0.6 is 11.3 Å². The number of hydrogen-bond acceptors (Lipinski definition) is 5. The van der Waals surface area contributed by atoms with Gasteiger partial charge in [0.15, 0.2) is 0 Å². The van der Waals surface area contributed by atoms with Crippen LogP contribution in [0.1, 0.15) is 22.6 Å². The number of aromatic hydroxyl groups is 1. The zero-order valence-corrected chi connectivity index (χ0v) is 14.6. The summed E-state index contributed by atoms with van der Waals surface area (Å²) in [5.41, 5.74) is 1.18. The number of fused-ring (bicyclic) bond motifs is 1. The van der Waals surface area contributed by atoms with Crippen molar-refractivity contribution in [2.75, 3.05) is 0 Å². The average Bonchev–Trinajstić information content (AvgIpc) is 2.93. The Hall–Kier alpha value is -2.73. The second kappa shape index (κ2) is 7.44. The number of nitrogens with zero attached hydrogens (tertiary/aromatic N) is 2. The van der Waals surface area contributed by atoms with Crippen LogP contribution in [0.25, 0.3) is 10.8 Å². The summed E-state index contributed by atoms with van der Waals surface area (Å²) in [5.74, 6) is -0.709. The number of aryl methyl sites for hydroxylation is 2. The second-order valence-electron chi connectivity index (χ2n) is 5.77. The van der Waals surface area contributed by atoms with E-state index in [1.54, 1.807) is 17.4 Å². The van der Waals surface area contributed by atoms with Gasteiger partial charge >= 0.3 is 5.97 Å². The monoisotopic (exact) mass is 354 g/mol. The van der Waals surface area contributed by atoms with Crippen LogP contribution in [0.4, 0.5) is 11.4 Å². The third-order valence-electron chi connectivity index (χ3n) is 3.84. The zero-order chi connectivity index (χ0) is 17.8. The Labute approximate surface area is 149 Å². The fourth-order valence-electron chi connectivity index (χ4n) is 2.67. The molecule has 0 saturated carbocycles. The highest BCUT2D eigenvalue weighted by molar-refractivity contribution is 7.12. The minimum Gasteiger partial charge on any atom is -0.506 e. The highest BCUT2D eigenvalue weighted by atomic mass is 32.1. The quantitative estimate of drug-likeness (QED) is 0.554.